The van der Waals surface area contributed by atoms with Crippen molar-refractivity contribution in [2.75, 3.05) is 19.8 Å². The highest BCUT2D eigenvalue weighted by Crippen LogP contribution is 2.35. The van der Waals surface area contributed by atoms with Crippen molar-refractivity contribution in [3.05, 3.63) is 106 Å². The molecule has 0 amide bonds. The molecule has 0 radical (unpaired) electrons. The van der Waals surface area contributed by atoms with E-state index < -0.39 is 25.8 Å². The van der Waals surface area contributed by atoms with Gasteiger partial charge in [0.15, 0.2) is 19.7 Å². The van der Waals surface area contributed by atoms with E-state index in [-0.39, 0.29) is 31.4 Å². The molecular formula is C32H36ClNO7Si. The Labute approximate surface area is 253 Å². The molecule has 2 unspecified atom stereocenters. The van der Waals surface area contributed by atoms with Gasteiger partial charge in [0, 0.05) is 11.1 Å². The van der Waals surface area contributed by atoms with E-state index in [2.05, 4.69) is 25.7 Å². The number of hydrogen-bond acceptors (Lipinski definition) is 7. The van der Waals surface area contributed by atoms with Crippen molar-refractivity contribution < 1.29 is 33.3 Å². The van der Waals surface area contributed by atoms with Crippen LogP contribution in [-0.2, 0) is 48.9 Å². The van der Waals surface area contributed by atoms with E-state index in [1.165, 1.54) is 0 Å². The van der Waals surface area contributed by atoms with Crippen LogP contribution in [0.15, 0.2) is 72.8 Å². The lowest BCUT2D eigenvalue weighted by atomic mass is 9.90. The summed E-state index contributed by atoms with van der Waals surface area (Å²) in [6.45, 7) is 8.76. The largest absolute Gasteiger partial charge is 0.481 e. The molecule has 0 aromatic heterocycles. The number of carboxylic acids is 1. The number of ether oxygens (including phenoxy) is 3. The van der Waals surface area contributed by atoms with Gasteiger partial charge in [-0.1, -0.05) is 72.8 Å². The van der Waals surface area contributed by atoms with E-state index in [1.54, 1.807) is 0 Å². The molecule has 2 atom stereocenters. The van der Waals surface area contributed by atoms with E-state index in [0.29, 0.717) is 26.4 Å². The number of Topliss-reactive ketones (excluding diaryl/α,β-unsaturated/α-hetero) is 1. The summed E-state index contributed by atoms with van der Waals surface area (Å²) in [5.74, 6) is -1.22. The van der Waals surface area contributed by atoms with Gasteiger partial charge < -0.3 is 23.7 Å². The fraction of sp³-hybridized carbons (Fsp3) is 0.344. The molecule has 222 valence electrons. The Morgan fingerprint density at radius 2 is 1.48 bits per heavy atom. The van der Waals surface area contributed by atoms with Crippen molar-refractivity contribution in [3.63, 3.8) is 0 Å². The first kappa shape index (κ1) is 33.1. The standard InChI is InChI=1S/C13H17NO2Si.C10H10O3.C9H8O2.ClH/c1-17(2,3)16-13(9-14)10-15-8-11-6-4-5-7-12(11)13;11-10(12)9-6-13-5-7-3-1-2-4-8(7)9;10-9-6-11-5-7-3-1-2-4-8(7)9;/h4-7H,8,10H2,1-3H3;1-4,9H,5-6H2,(H,11,12);1-4H,5-6H2;1H. The first-order chi connectivity index (χ1) is 19.6. The fourth-order valence-electron chi connectivity index (χ4n) is 4.98. The second-order valence-corrected chi connectivity index (χ2v) is 15.4. The first-order valence-corrected chi connectivity index (χ1v) is 16.9. The number of carboxylic acid groups (broad SMARTS) is 1. The Hall–Kier alpha value is -3.36. The molecule has 0 aliphatic carbocycles. The van der Waals surface area contributed by atoms with E-state index in [1.807, 2.05) is 72.8 Å². The summed E-state index contributed by atoms with van der Waals surface area (Å²) in [6.07, 6.45) is 0. The molecule has 0 saturated heterocycles. The van der Waals surface area contributed by atoms with Crippen molar-refractivity contribution in [2.24, 2.45) is 0 Å². The van der Waals surface area contributed by atoms with Gasteiger partial charge in [-0.2, -0.15) is 5.26 Å². The smallest absolute Gasteiger partial charge is 0.313 e. The number of nitrogens with zero attached hydrogens (tertiary/aromatic N) is 1. The zero-order valence-corrected chi connectivity index (χ0v) is 25.8. The Balaban J connectivity index is 0.000000175. The fourth-order valence-corrected chi connectivity index (χ4v) is 6.24. The van der Waals surface area contributed by atoms with Gasteiger partial charge in [0.1, 0.15) is 18.6 Å². The summed E-state index contributed by atoms with van der Waals surface area (Å²) in [6, 6.07) is 25.3. The minimum atomic E-state index is -1.81. The van der Waals surface area contributed by atoms with Crippen LogP contribution < -0.4 is 0 Å². The maximum Gasteiger partial charge on any atom is 0.313 e. The van der Waals surface area contributed by atoms with Crippen molar-refractivity contribution in [3.8, 4) is 6.07 Å². The lowest BCUT2D eigenvalue weighted by Crippen LogP contribution is -2.45. The van der Waals surface area contributed by atoms with E-state index in [9.17, 15) is 14.9 Å². The van der Waals surface area contributed by atoms with Gasteiger partial charge in [-0.3, -0.25) is 9.59 Å². The molecule has 1 N–H and O–H groups in total. The Morgan fingerprint density at radius 1 is 0.881 bits per heavy atom. The molecule has 10 heteroatoms. The highest BCUT2D eigenvalue weighted by atomic mass is 35.5. The number of fused-ring (bicyclic) bond motifs is 3. The second-order valence-electron chi connectivity index (χ2n) is 11.0. The number of benzene rings is 3. The highest BCUT2D eigenvalue weighted by molar-refractivity contribution is 6.69. The zero-order chi connectivity index (χ0) is 29.5. The molecular weight excluding hydrogens is 574 g/mol. The molecule has 8 nitrogen and oxygen atoms in total. The molecule has 0 saturated carbocycles. The van der Waals surface area contributed by atoms with Crippen LogP contribution in [0.4, 0.5) is 0 Å². The predicted octanol–water partition coefficient (Wildman–Crippen LogP) is 5.99. The number of aliphatic carboxylic acids is 1. The van der Waals surface area contributed by atoms with Gasteiger partial charge >= 0.3 is 5.97 Å². The van der Waals surface area contributed by atoms with Crippen molar-refractivity contribution in [1.82, 2.24) is 0 Å². The highest BCUT2D eigenvalue weighted by Gasteiger charge is 2.42. The third kappa shape index (κ3) is 8.13. The topological polar surface area (TPSA) is 115 Å². The zero-order valence-electron chi connectivity index (χ0n) is 24.0. The number of carbonyl (C=O) groups excluding carboxylic acids is 1. The molecule has 3 aliphatic heterocycles. The number of hydrogen-bond donors (Lipinski definition) is 1. The Bertz CT molecular complexity index is 1430. The molecule has 0 bridgehead atoms. The van der Waals surface area contributed by atoms with Gasteiger partial charge in [0.05, 0.1) is 33.0 Å². The number of carbonyl (C=O) groups is 2. The van der Waals surface area contributed by atoms with Crippen LogP contribution in [0, 0.1) is 11.3 Å². The van der Waals surface area contributed by atoms with Crippen LogP contribution in [0.5, 0.6) is 0 Å². The second kappa shape index (κ2) is 14.7. The summed E-state index contributed by atoms with van der Waals surface area (Å²) in [4.78, 5) is 22.0. The Morgan fingerprint density at radius 3 is 2.14 bits per heavy atom. The average molecular weight is 610 g/mol. The minimum absolute atomic E-state index is 0. The summed E-state index contributed by atoms with van der Waals surface area (Å²) < 4.78 is 21.9. The van der Waals surface area contributed by atoms with Crippen molar-refractivity contribution in [2.45, 2.75) is 51.0 Å². The number of nitriles is 1. The van der Waals surface area contributed by atoms with Crippen molar-refractivity contribution in [1.29, 1.82) is 5.26 Å². The number of rotatable bonds is 3. The van der Waals surface area contributed by atoms with Crippen molar-refractivity contribution >= 4 is 32.5 Å². The monoisotopic (exact) mass is 609 g/mol. The lowest BCUT2D eigenvalue weighted by Gasteiger charge is -2.37. The first-order valence-electron chi connectivity index (χ1n) is 13.5. The molecule has 0 fully saturated rings. The molecule has 6 rings (SSSR count). The molecule has 3 heterocycles. The van der Waals surface area contributed by atoms with E-state index in [4.69, 9.17) is 23.7 Å². The maximum atomic E-state index is 11.2. The predicted molar refractivity (Wildman–Crippen MR) is 162 cm³/mol. The lowest BCUT2D eigenvalue weighted by molar-refractivity contribution is -0.141. The molecule has 3 aromatic carbocycles. The van der Waals surface area contributed by atoms with Gasteiger partial charge in [-0.15, -0.1) is 12.4 Å². The average Bonchev–Trinajstić information content (AvgIpc) is 2.97. The van der Waals surface area contributed by atoms with Gasteiger partial charge in [-0.05, 0) is 41.9 Å². The van der Waals surface area contributed by atoms with E-state index in [0.717, 1.165) is 33.4 Å². The van der Waals surface area contributed by atoms with Crippen LogP contribution in [0.2, 0.25) is 19.6 Å². The molecule has 3 aromatic rings. The number of ketones is 1. The summed E-state index contributed by atoms with van der Waals surface area (Å²) in [7, 11) is -1.81. The number of halogens is 1. The summed E-state index contributed by atoms with van der Waals surface area (Å²) >= 11 is 0. The summed E-state index contributed by atoms with van der Waals surface area (Å²) in [5, 5.41) is 18.4. The van der Waals surface area contributed by atoms with Crippen LogP contribution >= 0.6 is 12.4 Å². The van der Waals surface area contributed by atoms with Crippen LogP contribution in [0.25, 0.3) is 0 Å². The maximum absolute atomic E-state index is 11.2. The molecule has 42 heavy (non-hydrogen) atoms. The summed E-state index contributed by atoms with van der Waals surface area (Å²) in [5.41, 5.74) is 4.80. The third-order valence-electron chi connectivity index (χ3n) is 6.76. The SMILES string of the molecule is C[Si](C)(C)OC1(C#N)COCc2ccccc21.Cl.O=C(O)C1COCc2ccccc21.O=C1COCc2ccccc21. The Kier molecular flexibility index (Phi) is 11.6. The van der Waals surface area contributed by atoms with Crippen LogP contribution in [-0.4, -0.2) is 45.0 Å². The molecule has 0 spiro atoms. The van der Waals surface area contributed by atoms with Crippen LogP contribution in [0.3, 0.4) is 0 Å². The van der Waals surface area contributed by atoms with Crippen LogP contribution in [0.1, 0.15) is 44.1 Å². The third-order valence-corrected chi connectivity index (χ3v) is 7.72. The van der Waals surface area contributed by atoms with Gasteiger partial charge in [0.25, 0.3) is 0 Å². The minimum Gasteiger partial charge on any atom is -0.481 e. The van der Waals surface area contributed by atoms with Gasteiger partial charge in [-0.25, -0.2) is 0 Å². The van der Waals surface area contributed by atoms with Gasteiger partial charge in [0.2, 0.25) is 0 Å². The van der Waals surface area contributed by atoms with E-state index >= 15 is 0 Å². The normalized spacial score (nSPS) is 20.3. The quantitative estimate of drug-likeness (QED) is 0.360. The molecule has 3 aliphatic rings.